The lowest BCUT2D eigenvalue weighted by molar-refractivity contribution is 1.14. The number of hydrogen-bond acceptors (Lipinski definition) is 1. The van der Waals surface area contributed by atoms with Crippen LogP contribution in [0, 0.1) is 3.57 Å². The molecule has 0 amide bonds. The van der Waals surface area contributed by atoms with Gasteiger partial charge in [-0.2, -0.15) is 0 Å². The van der Waals surface area contributed by atoms with Gasteiger partial charge in [0, 0.05) is 9.26 Å². The van der Waals surface area contributed by atoms with Crippen LogP contribution in [-0.2, 0) is 6.42 Å². The topological polar surface area (TPSA) is 26.0 Å². The third-order valence-electron chi connectivity index (χ3n) is 1.47. The van der Waals surface area contributed by atoms with E-state index in [2.05, 4.69) is 41.6 Å². The molecule has 1 rings (SSSR count). The fourth-order valence-electron chi connectivity index (χ4n) is 0.813. The minimum atomic E-state index is 0.889. The molecule has 2 N–H and O–H groups in total. The first kappa shape index (κ1) is 7.85. The molecule has 1 aromatic rings. The molecule has 0 fully saturated rings. The maximum atomic E-state index is 5.69. The zero-order valence-electron chi connectivity index (χ0n) is 5.89. The van der Waals surface area contributed by atoms with Crippen LogP contribution < -0.4 is 5.73 Å². The molecule has 0 heterocycles. The molecule has 0 unspecified atom stereocenters. The monoisotopic (exact) mass is 247 g/mol. The van der Waals surface area contributed by atoms with Gasteiger partial charge in [-0.05, 0) is 46.7 Å². The average Bonchev–Trinajstić information content (AvgIpc) is 1.95. The highest BCUT2D eigenvalue weighted by Gasteiger charge is 1.94. The number of rotatable bonds is 1. The minimum absolute atomic E-state index is 0.889. The largest absolute Gasteiger partial charge is 0.398 e. The molecule has 0 atom stereocenters. The number of halogens is 1. The predicted octanol–water partition coefficient (Wildman–Crippen LogP) is 2.44. The van der Waals surface area contributed by atoms with Crippen molar-refractivity contribution in [2.75, 3.05) is 5.73 Å². The van der Waals surface area contributed by atoms with Gasteiger partial charge in [-0.3, -0.25) is 0 Å². The number of benzene rings is 1. The summed E-state index contributed by atoms with van der Waals surface area (Å²) in [6.45, 7) is 2.13. The van der Waals surface area contributed by atoms with E-state index >= 15 is 0 Å². The Morgan fingerprint density at radius 1 is 1.50 bits per heavy atom. The van der Waals surface area contributed by atoms with Crippen LogP contribution in [0.15, 0.2) is 18.2 Å². The summed E-state index contributed by atoms with van der Waals surface area (Å²) >= 11 is 2.23. The standard InChI is InChI=1S/C8H10IN/c1-2-6-3-4-7(9)8(10)5-6/h3-5H,2,10H2,1H3. The fraction of sp³-hybridized carbons (Fsp3) is 0.250. The maximum absolute atomic E-state index is 5.69. The van der Waals surface area contributed by atoms with Crippen molar-refractivity contribution in [3.8, 4) is 0 Å². The zero-order chi connectivity index (χ0) is 7.56. The molecule has 0 radical (unpaired) electrons. The van der Waals surface area contributed by atoms with Crippen molar-refractivity contribution in [1.82, 2.24) is 0 Å². The van der Waals surface area contributed by atoms with E-state index in [-0.39, 0.29) is 0 Å². The summed E-state index contributed by atoms with van der Waals surface area (Å²) in [6, 6.07) is 6.19. The van der Waals surface area contributed by atoms with Gasteiger partial charge in [-0.25, -0.2) is 0 Å². The number of nitrogens with two attached hydrogens (primary N) is 1. The zero-order valence-corrected chi connectivity index (χ0v) is 8.05. The van der Waals surface area contributed by atoms with Gasteiger partial charge < -0.3 is 5.73 Å². The van der Waals surface area contributed by atoms with Crippen LogP contribution in [0.3, 0.4) is 0 Å². The first-order valence-corrected chi connectivity index (χ1v) is 4.36. The molecular formula is C8H10IN. The average molecular weight is 247 g/mol. The molecule has 0 bridgehead atoms. The third-order valence-corrected chi connectivity index (χ3v) is 2.45. The van der Waals surface area contributed by atoms with Crippen molar-refractivity contribution in [2.24, 2.45) is 0 Å². The molecular weight excluding hydrogens is 237 g/mol. The minimum Gasteiger partial charge on any atom is -0.398 e. The van der Waals surface area contributed by atoms with Gasteiger partial charge in [-0.15, -0.1) is 0 Å². The van der Waals surface area contributed by atoms with Crippen LogP contribution in [0.5, 0.6) is 0 Å². The Morgan fingerprint density at radius 2 is 2.20 bits per heavy atom. The second-order valence-corrected chi connectivity index (χ2v) is 3.37. The molecule has 2 heteroatoms. The summed E-state index contributed by atoms with van der Waals surface area (Å²) in [5.74, 6) is 0. The normalized spacial score (nSPS) is 9.80. The second-order valence-electron chi connectivity index (χ2n) is 2.21. The smallest absolute Gasteiger partial charge is 0.0452 e. The second kappa shape index (κ2) is 3.23. The van der Waals surface area contributed by atoms with Crippen molar-refractivity contribution >= 4 is 28.3 Å². The fourth-order valence-corrected chi connectivity index (χ4v) is 1.15. The van der Waals surface area contributed by atoms with Gasteiger partial charge in [-0.1, -0.05) is 13.0 Å². The van der Waals surface area contributed by atoms with E-state index in [4.69, 9.17) is 5.73 Å². The maximum Gasteiger partial charge on any atom is 0.0452 e. The SMILES string of the molecule is CCc1ccc(I)c(N)c1. The lowest BCUT2D eigenvalue weighted by Gasteiger charge is -1.99. The van der Waals surface area contributed by atoms with E-state index in [1.165, 1.54) is 5.56 Å². The number of anilines is 1. The molecule has 0 aliphatic rings. The molecule has 0 spiro atoms. The van der Waals surface area contributed by atoms with Crippen LogP contribution in [0.4, 0.5) is 5.69 Å². The van der Waals surface area contributed by atoms with E-state index in [9.17, 15) is 0 Å². The van der Waals surface area contributed by atoms with Crippen molar-refractivity contribution in [3.05, 3.63) is 27.3 Å². The Labute approximate surface area is 74.8 Å². The van der Waals surface area contributed by atoms with Crippen LogP contribution in [0.2, 0.25) is 0 Å². The molecule has 54 valence electrons. The molecule has 1 aromatic carbocycles. The molecule has 0 saturated heterocycles. The summed E-state index contributed by atoms with van der Waals surface area (Å²) in [7, 11) is 0. The van der Waals surface area contributed by atoms with Crippen molar-refractivity contribution in [2.45, 2.75) is 13.3 Å². The van der Waals surface area contributed by atoms with Crippen molar-refractivity contribution in [1.29, 1.82) is 0 Å². The number of aryl methyl sites for hydroxylation is 1. The van der Waals surface area contributed by atoms with Crippen LogP contribution in [0.25, 0.3) is 0 Å². The highest BCUT2D eigenvalue weighted by molar-refractivity contribution is 14.1. The van der Waals surface area contributed by atoms with E-state index in [0.29, 0.717) is 0 Å². The van der Waals surface area contributed by atoms with E-state index in [1.54, 1.807) is 0 Å². The Hall–Kier alpha value is -0.250. The summed E-state index contributed by atoms with van der Waals surface area (Å²) in [5.41, 5.74) is 7.88. The third kappa shape index (κ3) is 1.62. The van der Waals surface area contributed by atoms with Gasteiger partial charge in [0.25, 0.3) is 0 Å². The van der Waals surface area contributed by atoms with E-state index in [0.717, 1.165) is 15.7 Å². The van der Waals surface area contributed by atoms with Crippen molar-refractivity contribution < 1.29 is 0 Å². The predicted molar refractivity (Wildman–Crippen MR) is 52.9 cm³/mol. The van der Waals surface area contributed by atoms with Crippen LogP contribution in [0.1, 0.15) is 12.5 Å². The highest BCUT2D eigenvalue weighted by atomic mass is 127. The van der Waals surface area contributed by atoms with Gasteiger partial charge in [0.1, 0.15) is 0 Å². The summed E-state index contributed by atoms with van der Waals surface area (Å²) in [6.07, 6.45) is 1.06. The lowest BCUT2D eigenvalue weighted by Crippen LogP contribution is -1.90. The van der Waals surface area contributed by atoms with Gasteiger partial charge in [0.2, 0.25) is 0 Å². The van der Waals surface area contributed by atoms with Gasteiger partial charge >= 0.3 is 0 Å². The quantitative estimate of drug-likeness (QED) is 0.598. The van der Waals surface area contributed by atoms with Crippen LogP contribution >= 0.6 is 22.6 Å². The molecule has 0 saturated carbocycles. The number of hydrogen-bond donors (Lipinski definition) is 1. The van der Waals surface area contributed by atoms with Gasteiger partial charge in [0.15, 0.2) is 0 Å². The Morgan fingerprint density at radius 3 is 2.70 bits per heavy atom. The van der Waals surface area contributed by atoms with Crippen LogP contribution in [-0.4, -0.2) is 0 Å². The molecule has 1 nitrogen and oxygen atoms in total. The van der Waals surface area contributed by atoms with Gasteiger partial charge in [0.05, 0.1) is 0 Å². The number of nitrogen functional groups attached to an aromatic ring is 1. The molecule has 0 aliphatic carbocycles. The Bertz CT molecular complexity index is 233. The summed E-state index contributed by atoms with van der Waals surface area (Å²) in [4.78, 5) is 0. The lowest BCUT2D eigenvalue weighted by atomic mass is 10.1. The summed E-state index contributed by atoms with van der Waals surface area (Å²) < 4.78 is 1.13. The Kier molecular flexibility index (Phi) is 2.54. The first-order chi connectivity index (χ1) is 4.74. The summed E-state index contributed by atoms with van der Waals surface area (Å²) in [5, 5.41) is 0. The van der Waals surface area contributed by atoms with E-state index in [1.807, 2.05) is 6.07 Å². The molecule has 10 heavy (non-hydrogen) atoms. The van der Waals surface area contributed by atoms with E-state index < -0.39 is 0 Å². The molecule has 0 aliphatic heterocycles. The Balaban J connectivity index is 3.04. The molecule has 0 aromatic heterocycles. The van der Waals surface area contributed by atoms with Crippen molar-refractivity contribution in [3.63, 3.8) is 0 Å². The highest BCUT2D eigenvalue weighted by Crippen LogP contribution is 2.16. The first-order valence-electron chi connectivity index (χ1n) is 3.28.